The third kappa shape index (κ3) is 3.46. The number of benzene rings is 1. The molecule has 16 heavy (non-hydrogen) atoms. The lowest BCUT2D eigenvalue weighted by Gasteiger charge is -2.02. The highest BCUT2D eigenvalue weighted by molar-refractivity contribution is 5.63. The summed E-state index contributed by atoms with van der Waals surface area (Å²) in [6.07, 6.45) is 5.92. The van der Waals surface area contributed by atoms with Crippen molar-refractivity contribution < 1.29 is 4.39 Å². The van der Waals surface area contributed by atoms with E-state index in [0.29, 0.717) is 0 Å². The van der Waals surface area contributed by atoms with E-state index in [2.05, 4.69) is 18.3 Å². The van der Waals surface area contributed by atoms with Gasteiger partial charge in [0.2, 0.25) is 0 Å². The van der Waals surface area contributed by atoms with E-state index in [1.54, 1.807) is 0 Å². The van der Waals surface area contributed by atoms with Crippen molar-refractivity contribution >= 4 is 5.57 Å². The molecule has 0 amide bonds. The summed E-state index contributed by atoms with van der Waals surface area (Å²) in [5.74, 6) is -0.174. The summed E-state index contributed by atoms with van der Waals surface area (Å²) in [7, 11) is 0. The molecule has 2 heteroatoms. The Morgan fingerprint density at radius 3 is 2.69 bits per heavy atom. The number of halogens is 1. The van der Waals surface area contributed by atoms with Gasteiger partial charge < -0.3 is 5.32 Å². The van der Waals surface area contributed by atoms with Crippen LogP contribution in [0.5, 0.6) is 0 Å². The zero-order valence-corrected chi connectivity index (χ0v) is 9.67. The van der Waals surface area contributed by atoms with E-state index >= 15 is 0 Å². The third-order valence-corrected chi connectivity index (χ3v) is 2.90. The van der Waals surface area contributed by atoms with Crippen LogP contribution in [0.25, 0.3) is 5.57 Å². The van der Waals surface area contributed by atoms with Gasteiger partial charge >= 0.3 is 0 Å². The van der Waals surface area contributed by atoms with Crippen LogP contribution in [0.2, 0.25) is 0 Å². The van der Waals surface area contributed by atoms with Gasteiger partial charge in [0.25, 0.3) is 0 Å². The summed E-state index contributed by atoms with van der Waals surface area (Å²) in [5, 5.41) is 3.47. The molecule has 1 fully saturated rings. The Morgan fingerprint density at radius 2 is 2.06 bits per heavy atom. The first-order valence-electron chi connectivity index (χ1n) is 5.92. The van der Waals surface area contributed by atoms with Gasteiger partial charge in [-0.2, -0.15) is 0 Å². The second-order valence-corrected chi connectivity index (χ2v) is 4.41. The van der Waals surface area contributed by atoms with Gasteiger partial charge in [-0.05, 0) is 56.0 Å². The third-order valence-electron chi connectivity index (χ3n) is 2.90. The maximum absolute atomic E-state index is 12.7. The Hall–Kier alpha value is -1.15. The molecule has 0 unspecified atom stereocenters. The normalized spacial score (nSPS) is 16.5. The fraction of sp³-hybridized carbons (Fsp3) is 0.429. The molecule has 0 aliphatic heterocycles. The Kier molecular flexibility index (Phi) is 3.73. The fourth-order valence-corrected chi connectivity index (χ4v) is 1.69. The first kappa shape index (κ1) is 11.3. The standard InChI is InChI=1S/C14H18FN/c1-11(3-2-10-16-14-8-9-14)12-4-6-13(15)7-5-12/h3-7,14,16H,2,8-10H2,1H3. The van der Waals surface area contributed by atoms with Gasteiger partial charge in [-0.1, -0.05) is 18.2 Å². The van der Waals surface area contributed by atoms with Crippen LogP contribution in [0.15, 0.2) is 30.3 Å². The lowest BCUT2D eigenvalue weighted by Crippen LogP contribution is -2.16. The Balaban J connectivity index is 1.82. The molecule has 0 heterocycles. The van der Waals surface area contributed by atoms with E-state index in [1.165, 1.54) is 30.5 Å². The van der Waals surface area contributed by atoms with Crippen molar-refractivity contribution in [1.82, 2.24) is 5.32 Å². The Labute approximate surface area is 96.4 Å². The lowest BCUT2D eigenvalue weighted by molar-refractivity contribution is 0.627. The van der Waals surface area contributed by atoms with E-state index in [0.717, 1.165) is 24.6 Å². The molecular weight excluding hydrogens is 201 g/mol. The molecule has 1 saturated carbocycles. The van der Waals surface area contributed by atoms with Crippen LogP contribution < -0.4 is 5.32 Å². The minimum Gasteiger partial charge on any atom is -0.314 e. The average molecular weight is 219 g/mol. The van der Waals surface area contributed by atoms with Crippen LogP contribution in [-0.2, 0) is 0 Å². The maximum Gasteiger partial charge on any atom is 0.123 e. The predicted octanol–water partition coefficient (Wildman–Crippen LogP) is 3.37. The molecule has 1 aliphatic rings. The van der Waals surface area contributed by atoms with Crippen LogP contribution in [0.4, 0.5) is 4.39 Å². The van der Waals surface area contributed by atoms with Crippen molar-refractivity contribution in [3.8, 4) is 0 Å². The first-order chi connectivity index (χ1) is 7.75. The van der Waals surface area contributed by atoms with Crippen LogP contribution >= 0.6 is 0 Å². The van der Waals surface area contributed by atoms with E-state index in [9.17, 15) is 4.39 Å². The summed E-state index contributed by atoms with van der Waals surface area (Å²) < 4.78 is 12.7. The van der Waals surface area contributed by atoms with Crippen molar-refractivity contribution in [2.45, 2.75) is 32.2 Å². The molecule has 0 spiro atoms. The Morgan fingerprint density at radius 1 is 1.38 bits per heavy atom. The molecule has 0 saturated heterocycles. The topological polar surface area (TPSA) is 12.0 Å². The highest BCUT2D eigenvalue weighted by atomic mass is 19.1. The van der Waals surface area contributed by atoms with Gasteiger partial charge in [0.15, 0.2) is 0 Å². The predicted molar refractivity (Wildman–Crippen MR) is 65.7 cm³/mol. The van der Waals surface area contributed by atoms with Gasteiger partial charge in [0.1, 0.15) is 5.82 Å². The molecule has 2 rings (SSSR count). The zero-order valence-electron chi connectivity index (χ0n) is 9.67. The molecule has 0 atom stereocenters. The molecule has 1 nitrogen and oxygen atoms in total. The molecule has 1 aromatic carbocycles. The summed E-state index contributed by atoms with van der Waals surface area (Å²) in [5.41, 5.74) is 2.32. The maximum atomic E-state index is 12.7. The SMILES string of the molecule is CC(=CCCNC1CC1)c1ccc(F)cc1. The molecule has 86 valence electrons. The highest BCUT2D eigenvalue weighted by Crippen LogP contribution is 2.19. The van der Waals surface area contributed by atoms with E-state index < -0.39 is 0 Å². The van der Waals surface area contributed by atoms with Crippen LogP contribution in [0.1, 0.15) is 31.7 Å². The van der Waals surface area contributed by atoms with Crippen LogP contribution in [0.3, 0.4) is 0 Å². The smallest absolute Gasteiger partial charge is 0.123 e. The summed E-state index contributed by atoms with van der Waals surface area (Å²) in [6, 6.07) is 7.45. The second-order valence-electron chi connectivity index (χ2n) is 4.41. The summed E-state index contributed by atoms with van der Waals surface area (Å²) >= 11 is 0. The van der Waals surface area contributed by atoms with E-state index in [4.69, 9.17) is 0 Å². The monoisotopic (exact) mass is 219 g/mol. The zero-order chi connectivity index (χ0) is 11.4. The van der Waals surface area contributed by atoms with Gasteiger partial charge in [0, 0.05) is 6.04 Å². The molecule has 0 aromatic heterocycles. The molecule has 0 bridgehead atoms. The fourth-order valence-electron chi connectivity index (χ4n) is 1.69. The number of rotatable bonds is 5. The number of nitrogens with one attached hydrogen (secondary N) is 1. The van der Waals surface area contributed by atoms with Crippen molar-refractivity contribution in [2.24, 2.45) is 0 Å². The van der Waals surface area contributed by atoms with Gasteiger partial charge in [-0.25, -0.2) is 4.39 Å². The Bertz CT molecular complexity index is 363. The summed E-state index contributed by atoms with van der Waals surface area (Å²) in [4.78, 5) is 0. The lowest BCUT2D eigenvalue weighted by atomic mass is 10.1. The van der Waals surface area contributed by atoms with Crippen molar-refractivity contribution in [1.29, 1.82) is 0 Å². The molecule has 1 aromatic rings. The molecule has 1 N–H and O–H groups in total. The molecular formula is C14H18FN. The number of allylic oxidation sites excluding steroid dienone is 1. The molecule has 0 radical (unpaired) electrons. The van der Waals surface area contributed by atoms with Crippen LogP contribution in [0, 0.1) is 5.82 Å². The van der Waals surface area contributed by atoms with Crippen molar-refractivity contribution in [2.75, 3.05) is 6.54 Å². The highest BCUT2D eigenvalue weighted by Gasteiger charge is 2.19. The van der Waals surface area contributed by atoms with Gasteiger partial charge in [0.05, 0.1) is 0 Å². The largest absolute Gasteiger partial charge is 0.314 e. The van der Waals surface area contributed by atoms with Crippen LogP contribution in [-0.4, -0.2) is 12.6 Å². The minimum atomic E-state index is -0.174. The molecule has 1 aliphatic carbocycles. The van der Waals surface area contributed by atoms with E-state index in [-0.39, 0.29) is 5.82 Å². The van der Waals surface area contributed by atoms with Crippen molar-refractivity contribution in [3.63, 3.8) is 0 Å². The second kappa shape index (κ2) is 5.26. The van der Waals surface area contributed by atoms with Crippen molar-refractivity contribution in [3.05, 3.63) is 41.7 Å². The minimum absolute atomic E-state index is 0.174. The summed E-state index contributed by atoms with van der Waals surface area (Å²) in [6.45, 7) is 3.12. The average Bonchev–Trinajstić information content (AvgIpc) is 3.09. The number of hydrogen-bond donors (Lipinski definition) is 1. The number of hydrogen-bond acceptors (Lipinski definition) is 1. The quantitative estimate of drug-likeness (QED) is 0.749. The van der Waals surface area contributed by atoms with Gasteiger partial charge in [-0.3, -0.25) is 0 Å². The first-order valence-corrected chi connectivity index (χ1v) is 5.92. The van der Waals surface area contributed by atoms with Gasteiger partial charge in [-0.15, -0.1) is 0 Å². The van der Waals surface area contributed by atoms with E-state index in [1.807, 2.05) is 12.1 Å².